The molecule has 2 saturated heterocycles. The summed E-state index contributed by atoms with van der Waals surface area (Å²) in [4.78, 5) is 16.8. The lowest BCUT2D eigenvalue weighted by molar-refractivity contribution is -0.138. The van der Waals surface area contributed by atoms with E-state index in [9.17, 15) is 4.79 Å². The van der Waals surface area contributed by atoms with E-state index in [2.05, 4.69) is 29.2 Å². The van der Waals surface area contributed by atoms with Gasteiger partial charge in [-0.2, -0.15) is 0 Å². The molecule has 114 valence electrons. The summed E-state index contributed by atoms with van der Waals surface area (Å²) in [5.41, 5.74) is 6.69. The topological polar surface area (TPSA) is 58.8 Å². The summed E-state index contributed by atoms with van der Waals surface area (Å²) >= 11 is 0. The molecular weight excluding hydrogens is 266 g/mol. The zero-order valence-electron chi connectivity index (χ0n) is 12.3. The highest BCUT2D eigenvalue weighted by Gasteiger charge is 2.41. The van der Waals surface area contributed by atoms with Crippen LogP contribution in [0.5, 0.6) is 0 Å². The average molecular weight is 289 g/mol. The lowest BCUT2D eigenvalue weighted by Gasteiger charge is -2.38. The Bertz CT molecular complexity index is 478. The maximum absolute atomic E-state index is 12.5. The van der Waals surface area contributed by atoms with E-state index in [0.29, 0.717) is 19.6 Å². The third kappa shape index (κ3) is 3.26. The number of ether oxygens (including phenoxy) is 1. The van der Waals surface area contributed by atoms with Gasteiger partial charge in [-0.25, -0.2) is 0 Å². The van der Waals surface area contributed by atoms with Gasteiger partial charge in [-0.3, -0.25) is 9.69 Å². The van der Waals surface area contributed by atoms with Gasteiger partial charge in [-0.15, -0.1) is 0 Å². The zero-order chi connectivity index (χ0) is 14.7. The molecule has 0 radical (unpaired) electrons. The second kappa shape index (κ2) is 6.13. The Morgan fingerprint density at radius 2 is 1.90 bits per heavy atom. The summed E-state index contributed by atoms with van der Waals surface area (Å²) in [5, 5.41) is 0. The zero-order valence-corrected chi connectivity index (χ0v) is 12.3. The summed E-state index contributed by atoms with van der Waals surface area (Å²) in [5.74, 6) is 0.0550. The second-order valence-electron chi connectivity index (χ2n) is 6.01. The van der Waals surface area contributed by atoms with Gasteiger partial charge in [0.25, 0.3) is 0 Å². The molecule has 5 heteroatoms. The van der Waals surface area contributed by atoms with Crippen molar-refractivity contribution >= 4 is 5.91 Å². The lowest BCUT2D eigenvalue weighted by atomic mass is 9.98. The van der Waals surface area contributed by atoms with Crippen molar-refractivity contribution in [3.63, 3.8) is 0 Å². The maximum atomic E-state index is 12.5. The fourth-order valence-electron chi connectivity index (χ4n) is 3.02. The van der Waals surface area contributed by atoms with E-state index >= 15 is 0 Å². The van der Waals surface area contributed by atoms with E-state index < -0.39 is 5.54 Å². The van der Waals surface area contributed by atoms with Gasteiger partial charge >= 0.3 is 0 Å². The van der Waals surface area contributed by atoms with Crippen LogP contribution >= 0.6 is 0 Å². The molecule has 1 aromatic carbocycles. The quantitative estimate of drug-likeness (QED) is 0.878. The first-order valence-electron chi connectivity index (χ1n) is 7.60. The Balaban J connectivity index is 1.52. The lowest BCUT2D eigenvalue weighted by Crippen LogP contribution is -2.59. The summed E-state index contributed by atoms with van der Waals surface area (Å²) < 4.78 is 5.29. The largest absolute Gasteiger partial charge is 0.379 e. The number of benzene rings is 1. The number of carbonyl (C=O) groups excluding carboxylic acids is 1. The van der Waals surface area contributed by atoms with Crippen molar-refractivity contribution in [1.82, 2.24) is 9.80 Å². The van der Waals surface area contributed by atoms with E-state index in [4.69, 9.17) is 10.5 Å². The van der Waals surface area contributed by atoms with Gasteiger partial charge in [-0.05, 0) is 12.0 Å². The first kappa shape index (κ1) is 14.5. The molecular formula is C16H23N3O2. The number of piperazine rings is 1. The molecule has 0 spiro atoms. The van der Waals surface area contributed by atoms with Crippen LogP contribution in [0.1, 0.15) is 12.0 Å². The minimum Gasteiger partial charge on any atom is -0.379 e. The van der Waals surface area contributed by atoms with Crippen molar-refractivity contribution in [1.29, 1.82) is 0 Å². The van der Waals surface area contributed by atoms with Crippen LogP contribution in [0.15, 0.2) is 30.3 Å². The van der Waals surface area contributed by atoms with Gasteiger partial charge < -0.3 is 15.4 Å². The first-order valence-corrected chi connectivity index (χ1v) is 7.60. The Labute approximate surface area is 125 Å². The highest BCUT2D eigenvalue weighted by molar-refractivity contribution is 5.86. The van der Waals surface area contributed by atoms with Crippen molar-refractivity contribution in [2.24, 2.45) is 5.73 Å². The second-order valence-corrected chi connectivity index (χ2v) is 6.01. The van der Waals surface area contributed by atoms with Crippen LogP contribution < -0.4 is 5.73 Å². The van der Waals surface area contributed by atoms with Crippen LogP contribution in [-0.2, 0) is 16.1 Å². The van der Waals surface area contributed by atoms with Crippen LogP contribution in [0.3, 0.4) is 0 Å². The molecule has 0 aromatic heterocycles. The van der Waals surface area contributed by atoms with Gasteiger partial charge in [0.05, 0.1) is 6.61 Å². The van der Waals surface area contributed by atoms with Crippen LogP contribution in [0.2, 0.25) is 0 Å². The normalized spacial score (nSPS) is 27.0. The molecule has 1 atom stereocenters. The predicted octanol–water partition coefficient (Wildman–Crippen LogP) is 0.449. The number of hydrogen-bond acceptors (Lipinski definition) is 4. The molecule has 21 heavy (non-hydrogen) atoms. The molecule has 0 bridgehead atoms. The van der Waals surface area contributed by atoms with Crippen molar-refractivity contribution in [2.45, 2.75) is 18.5 Å². The molecule has 5 nitrogen and oxygen atoms in total. The highest BCUT2D eigenvalue weighted by Crippen LogP contribution is 2.20. The molecule has 0 aliphatic carbocycles. The minimum atomic E-state index is -0.790. The number of hydrogen-bond donors (Lipinski definition) is 1. The smallest absolute Gasteiger partial charge is 0.245 e. The van der Waals surface area contributed by atoms with Crippen LogP contribution in [0, 0.1) is 0 Å². The first-order chi connectivity index (χ1) is 10.2. The average Bonchev–Trinajstić information content (AvgIpc) is 2.96. The summed E-state index contributed by atoms with van der Waals surface area (Å²) in [7, 11) is 0. The maximum Gasteiger partial charge on any atom is 0.245 e. The Morgan fingerprint density at radius 3 is 2.52 bits per heavy atom. The molecule has 0 saturated carbocycles. The third-order valence-corrected chi connectivity index (χ3v) is 4.39. The van der Waals surface area contributed by atoms with Crippen molar-refractivity contribution in [3.8, 4) is 0 Å². The highest BCUT2D eigenvalue weighted by atomic mass is 16.5. The number of rotatable bonds is 3. The summed E-state index contributed by atoms with van der Waals surface area (Å²) in [6, 6.07) is 10.4. The number of nitrogens with zero attached hydrogens (tertiary/aromatic N) is 2. The van der Waals surface area contributed by atoms with Gasteiger partial charge in [0.2, 0.25) is 5.91 Å². The van der Waals surface area contributed by atoms with E-state index in [1.807, 2.05) is 11.0 Å². The third-order valence-electron chi connectivity index (χ3n) is 4.39. The van der Waals surface area contributed by atoms with E-state index in [1.54, 1.807) is 0 Å². The molecule has 2 fully saturated rings. The molecule has 1 unspecified atom stereocenters. The van der Waals surface area contributed by atoms with Crippen LogP contribution in [-0.4, -0.2) is 60.6 Å². The minimum absolute atomic E-state index is 0.0550. The van der Waals surface area contributed by atoms with Crippen LogP contribution in [0.4, 0.5) is 0 Å². The molecule has 2 N–H and O–H groups in total. The van der Waals surface area contributed by atoms with E-state index in [0.717, 1.165) is 32.7 Å². The monoisotopic (exact) mass is 289 g/mol. The van der Waals surface area contributed by atoms with Crippen molar-refractivity contribution in [3.05, 3.63) is 35.9 Å². The molecule has 3 rings (SSSR count). The molecule has 2 heterocycles. The summed E-state index contributed by atoms with van der Waals surface area (Å²) in [6.45, 7) is 5.20. The summed E-state index contributed by atoms with van der Waals surface area (Å²) in [6.07, 6.45) is 0.635. The number of carbonyl (C=O) groups is 1. The van der Waals surface area contributed by atoms with Gasteiger partial charge in [0.15, 0.2) is 0 Å². The molecule has 2 aliphatic heterocycles. The fourth-order valence-corrected chi connectivity index (χ4v) is 3.02. The Hall–Kier alpha value is -1.43. The van der Waals surface area contributed by atoms with Gasteiger partial charge in [-0.1, -0.05) is 30.3 Å². The molecule has 1 aromatic rings. The molecule has 2 aliphatic rings. The Morgan fingerprint density at radius 1 is 1.19 bits per heavy atom. The van der Waals surface area contributed by atoms with Gasteiger partial charge in [0, 0.05) is 39.3 Å². The fraction of sp³-hybridized carbons (Fsp3) is 0.562. The van der Waals surface area contributed by atoms with E-state index in [1.165, 1.54) is 5.56 Å². The van der Waals surface area contributed by atoms with Crippen LogP contribution in [0.25, 0.3) is 0 Å². The predicted molar refractivity (Wildman–Crippen MR) is 80.7 cm³/mol. The standard InChI is InChI=1S/C16H23N3O2/c17-16(6-11-21-13-16)15(20)19-9-7-18(8-10-19)12-14-4-2-1-3-5-14/h1-5H,6-13,17H2. The van der Waals surface area contributed by atoms with E-state index in [-0.39, 0.29) is 5.91 Å². The van der Waals surface area contributed by atoms with Gasteiger partial charge in [0.1, 0.15) is 5.54 Å². The molecule has 1 amide bonds. The van der Waals surface area contributed by atoms with Crippen molar-refractivity contribution < 1.29 is 9.53 Å². The Kier molecular flexibility index (Phi) is 4.24. The number of nitrogens with two attached hydrogens (primary N) is 1. The SMILES string of the molecule is NC1(C(=O)N2CCN(Cc3ccccc3)CC2)CCOC1. The van der Waals surface area contributed by atoms with Crippen molar-refractivity contribution in [2.75, 3.05) is 39.4 Å². The number of amides is 1.